The average molecular weight is 560 g/mol. The number of anilines is 1. The van der Waals surface area contributed by atoms with Crippen molar-refractivity contribution < 1.29 is 32.2 Å². The van der Waals surface area contributed by atoms with E-state index in [0.29, 0.717) is 36.1 Å². The number of amides is 2. The second-order valence-corrected chi connectivity index (χ2v) is 12.0. The maximum Gasteiger partial charge on any atom is 0.244 e. The van der Waals surface area contributed by atoms with Crippen LogP contribution in [0.15, 0.2) is 42.5 Å². The van der Waals surface area contributed by atoms with Gasteiger partial charge in [-0.2, -0.15) is 0 Å². The minimum Gasteiger partial charge on any atom is -0.497 e. The fourth-order valence-electron chi connectivity index (χ4n) is 4.81. The predicted molar refractivity (Wildman–Crippen MR) is 148 cm³/mol. The monoisotopic (exact) mass is 559 g/mol. The molecule has 0 saturated heterocycles. The van der Waals surface area contributed by atoms with Crippen LogP contribution in [-0.4, -0.2) is 69.8 Å². The van der Waals surface area contributed by atoms with Crippen LogP contribution in [0.1, 0.15) is 45.1 Å². The molecule has 1 unspecified atom stereocenters. The molecule has 11 heteroatoms. The molecule has 212 valence electrons. The van der Waals surface area contributed by atoms with Crippen LogP contribution in [0.4, 0.5) is 5.69 Å². The third-order valence-corrected chi connectivity index (χ3v) is 8.92. The molecule has 1 fully saturated rings. The molecule has 0 aromatic heterocycles. The average Bonchev–Trinajstić information content (AvgIpc) is 3.47. The summed E-state index contributed by atoms with van der Waals surface area (Å²) >= 11 is 0. The van der Waals surface area contributed by atoms with Gasteiger partial charge in [0.2, 0.25) is 21.8 Å². The van der Waals surface area contributed by atoms with Crippen molar-refractivity contribution in [1.29, 1.82) is 0 Å². The van der Waals surface area contributed by atoms with Crippen molar-refractivity contribution in [3.8, 4) is 17.2 Å². The van der Waals surface area contributed by atoms with Crippen LogP contribution in [0, 0.1) is 0 Å². The Morgan fingerprint density at radius 2 is 1.72 bits per heavy atom. The van der Waals surface area contributed by atoms with Gasteiger partial charge in [0.1, 0.15) is 31.5 Å². The van der Waals surface area contributed by atoms with Crippen molar-refractivity contribution in [3.05, 3.63) is 48.0 Å². The number of methoxy groups -OCH3 is 1. The van der Waals surface area contributed by atoms with Crippen LogP contribution in [0.5, 0.6) is 17.2 Å². The van der Waals surface area contributed by atoms with E-state index in [9.17, 15) is 18.0 Å². The maximum atomic E-state index is 13.8. The van der Waals surface area contributed by atoms with Crippen molar-refractivity contribution >= 4 is 27.5 Å². The van der Waals surface area contributed by atoms with Gasteiger partial charge in [-0.3, -0.25) is 13.9 Å². The first kappa shape index (κ1) is 28.5. The van der Waals surface area contributed by atoms with Crippen molar-refractivity contribution in [2.75, 3.05) is 36.9 Å². The third kappa shape index (κ3) is 6.95. The van der Waals surface area contributed by atoms with Crippen LogP contribution < -0.4 is 23.8 Å². The number of nitrogens with zero attached hydrogens (tertiary/aromatic N) is 2. The van der Waals surface area contributed by atoms with Gasteiger partial charge in [0.15, 0.2) is 11.5 Å². The van der Waals surface area contributed by atoms with E-state index in [2.05, 4.69) is 5.32 Å². The maximum absolute atomic E-state index is 13.8. The number of fused-ring (bicyclic) bond motifs is 1. The van der Waals surface area contributed by atoms with Gasteiger partial charge in [0.05, 0.1) is 18.6 Å². The second kappa shape index (κ2) is 12.6. The molecule has 0 bridgehead atoms. The molecule has 1 saturated carbocycles. The summed E-state index contributed by atoms with van der Waals surface area (Å²) in [6.45, 7) is 3.62. The molecule has 10 nitrogen and oxygen atoms in total. The van der Waals surface area contributed by atoms with Gasteiger partial charge >= 0.3 is 0 Å². The highest BCUT2D eigenvalue weighted by atomic mass is 32.2. The van der Waals surface area contributed by atoms with Crippen molar-refractivity contribution in [2.24, 2.45) is 0 Å². The summed E-state index contributed by atoms with van der Waals surface area (Å²) in [5.41, 5.74) is 1.08. The molecule has 0 spiro atoms. The fraction of sp³-hybridized carbons (Fsp3) is 0.500. The molecule has 2 aromatic carbocycles. The van der Waals surface area contributed by atoms with Gasteiger partial charge < -0.3 is 24.4 Å². The van der Waals surface area contributed by atoms with Crippen LogP contribution in [0.3, 0.4) is 0 Å². The SMILES string of the molecule is CCS(=O)(=O)N(CC(=O)N(Cc1ccc(OC)cc1)C(C)C(=O)NC1CCCC1)c1ccc2c(c1)OCCO2. The molecule has 2 aromatic rings. The fourth-order valence-corrected chi connectivity index (χ4v) is 5.86. The number of hydrogen-bond acceptors (Lipinski definition) is 7. The minimum atomic E-state index is -3.84. The Kier molecular flexibility index (Phi) is 9.21. The summed E-state index contributed by atoms with van der Waals surface area (Å²) in [4.78, 5) is 28.5. The third-order valence-electron chi connectivity index (χ3n) is 7.17. The Bertz CT molecular complexity index is 1260. The van der Waals surface area contributed by atoms with Crippen LogP contribution in [0.25, 0.3) is 0 Å². The number of sulfonamides is 1. The lowest BCUT2D eigenvalue weighted by atomic mass is 10.1. The lowest BCUT2D eigenvalue weighted by Gasteiger charge is -2.32. The molecule has 2 amide bonds. The van der Waals surface area contributed by atoms with Gasteiger partial charge in [0, 0.05) is 18.7 Å². The molecule has 1 atom stereocenters. The first-order valence-corrected chi connectivity index (χ1v) is 15.0. The van der Waals surface area contributed by atoms with E-state index in [1.807, 2.05) is 12.1 Å². The van der Waals surface area contributed by atoms with E-state index in [4.69, 9.17) is 14.2 Å². The van der Waals surface area contributed by atoms with Gasteiger partial charge in [-0.1, -0.05) is 25.0 Å². The van der Waals surface area contributed by atoms with Crippen molar-refractivity contribution in [2.45, 2.75) is 58.2 Å². The molecule has 1 aliphatic carbocycles. The Labute approximate surface area is 230 Å². The Hall–Kier alpha value is -3.47. The first-order chi connectivity index (χ1) is 18.7. The van der Waals surface area contributed by atoms with Gasteiger partial charge in [-0.15, -0.1) is 0 Å². The summed E-state index contributed by atoms with van der Waals surface area (Å²) < 4.78 is 43.9. The molecular formula is C28H37N3O7S. The molecule has 0 radical (unpaired) electrons. The smallest absolute Gasteiger partial charge is 0.244 e. The largest absolute Gasteiger partial charge is 0.497 e. The lowest BCUT2D eigenvalue weighted by molar-refractivity contribution is -0.139. The van der Waals surface area contributed by atoms with Crippen molar-refractivity contribution in [3.63, 3.8) is 0 Å². The van der Waals surface area contributed by atoms with Crippen LogP contribution in [-0.2, 0) is 26.2 Å². The first-order valence-electron chi connectivity index (χ1n) is 13.3. The van der Waals surface area contributed by atoms with E-state index >= 15 is 0 Å². The zero-order valence-electron chi connectivity index (χ0n) is 22.7. The molecule has 1 heterocycles. The van der Waals surface area contributed by atoms with E-state index in [1.54, 1.807) is 44.4 Å². The quantitative estimate of drug-likeness (QED) is 0.450. The number of carbonyl (C=O) groups is 2. The highest BCUT2D eigenvalue weighted by molar-refractivity contribution is 7.92. The number of benzene rings is 2. The van der Waals surface area contributed by atoms with Crippen molar-refractivity contribution in [1.82, 2.24) is 10.2 Å². The number of nitrogens with one attached hydrogen (secondary N) is 1. The number of ether oxygens (including phenoxy) is 3. The van der Waals surface area contributed by atoms with E-state index in [-0.39, 0.29) is 24.2 Å². The Morgan fingerprint density at radius 3 is 2.36 bits per heavy atom. The minimum absolute atomic E-state index is 0.0903. The van der Waals surface area contributed by atoms with E-state index in [0.717, 1.165) is 35.6 Å². The molecule has 4 rings (SSSR count). The lowest BCUT2D eigenvalue weighted by Crippen LogP contribution is -2.52. The zero-order chi connectivity index (χ0) is 28.0. The van der Waals surface area contributed by atoms with Crippen LogP contribution >= 0.6 is 0 Å². The standard InChI is InChI=1S/C28H37N3O7S/c1-4-39(34,35)31(23-11-14-25-26(17-23)38-16-15-37-25)19-27(32)30(18-21-9-12-24(36-3)13-10-21)20(2)28(33)29-22-7-5-6-8-22/h9-14,17,20,22H,4-8,15-16,18-19H2,1-3H3,(H,29,33). The van der Waals surface area contributed by atoms with E-state index < -0.39 is 28.5 Å². The molecule has 39 heavy (non-hydrogen) atoms. The Morgan fingerprint density at radius 1 is 1.05 bits per heavy atom. The summed E-state index contributed by atoms with van der Waals surface area (Å²) in [5, 5.41) is 3.06. The Balaban J connectivity index is 1.61. The summed E-state index contributed by atoms with van der Waals surface area (Å²) in [6, 6.07) is 11.3. The van der Waals surface area contributed by atoms with Gasteiger partial charge in [0.25, 0.3) is 0 Å². The molecule has 1 N–H and O–H groups in total. The van der Waals surface area contributed by atoms with Gasteiger partial charge in [-0.25, -0.2) is 8.42 Å². The number of hydrogen-bond donors (Lipinski definition) is 1. The highest BCUT2D eigenvalue weighted by Crippen LogP contribution is 2.35. The molecule has 1 aliphatic heterocycles. The molecular weight excluding hydrogens is 522 g/mol. The summed E-state index contributed by atoms with van der Waals surface area (Å²) in [6.07, 6.45) is 3.95. The number of carbonyl (C=O) groups excluding carboxylic acids is 2. The number of rotatable bonds is 11. The topological polar surface area (TPSA) is 114 Å². The summed E-state index contributed by atoms with van der Waals surface area (Å²) in [5.74, 6) is 0.651. The van der Waals surface area contributed by atoms with E-state index in [1.165, 1.54) is 11.8 Å². The highest BCUT2D eigenvalue weighted by Gasteiger charge is 2.32. The molecule has 2 aliphatic rings. The zero-order valence-corrected chi connectivity index (χ0v) is 23.5. The normalized spacial score (nSPS) is 15.9. The summed E-state index contributed by atoms with van der Waals surface area (Å²) in [7, 11) is -2.27. The second-order valence-electron chi connectivity index (χ2n) is 9.77. The predicted octanol–water partition coefficient (Wildman–Crippen LogP) is 3.10. The van der Waals surface area contributed by atoms with Gasteiger partial charge in [-0.05, 0) is 56.5 Å². The van der Waals surface area contributed by atoms with Crippen LogP contribution in [0.2, 0.25) is 0 Å².